The molecule has 0 unspecified atom stereocenters. The van der Waals surface area contributed by atoms with Gasteiger partial charge in [0.15, 0.2) is 0 Å². The Balaban J connectivity index is 1.64. The molecule has 1 aromatic heterocycles. The zero-order valence-corrected chi connectivity index (χ0v) is 15.1. The molecule has 0 saturated carbocycles. The number of aryl methyl sites for hydroxylation is 1. The van der Waals surface area contributed by atoms with Crippen molar-refractivity contribution in [3.8, 4) is 11.3 Å². The van der Waals surface area contributed by atoms with Crippen LogP contribution < -0.4 is 5.32 Å². The van der Waals surface area contributed by atoms with E-state index < -0.39 is 0 Å². The number of hydrogen-bond acceptors (Lipinski definition) is 5. The molecular weight excluding hydrogens is 356 g/mol. The topological polar surface area (TPSA) is 78.7 Å². The summed E-state index contributed by atoms with van der Waals surface area (Å²) < 4.78 is 5.30. The average molecular weight is 375 g/mol. The molecule has 2 aliphatic heterocycles. The lowest BCUT2D eigenvalue weighted by Crippen LogP contribution is -2.64. The number of fused-ring (bicyclic) bond motifs is 1. The molecule has 2 aliphatic rings. The molecule has 2 amide bonds. The first-order valence-corrected chi connectivity index (χ1v) is 8.96. The largest absolute Gasteiger partial charge is 0.360 e. The lowest BCUT2D eigenvalue weighted by Gasteiger charge is -2.42. The first kappa shape index (κ1) is 17.1. The second-order valence-corrected chi connectivity index (χ2v) is 6.94. The second kappa shape index (κ2) is 6.74. The van der Waals surface area contributed by atoms with E-state index in [-0.39, 0.29) is 17.9 Å². The monoisotopic (exact) mass is 374 g/mol. The molecule has 26 heavy (non-hydrogen) atoms. The predicted molar refractivity (Wildman–Crippen MR) is 96.0 cm³/mol. The van der Waals surface area contributed by atoms with Crippen molar-refractivity contribution >= 4 is 23.4 Å². The number of carbonyl (C=O) groups is 2. The van der Waals surface area contributed by atoms with Crippen LogP contribution in [-0.2, 0) is 4.79 Å². The molecule has 7 nitrogen and oxygen atoms in total. The number of hydrogen-bond donors (Lipinski definition) is 1. The van der Waals surface area contributed by atoms with Gasteiger partial charge in [-0.1, -0.05) is 35.0 Å². The fraction of sp³-hybridized carbons (Fsp3) is 0.389. The van der Waals surface area contributed by atoms with Crippen LogP contribution in [0.2, 0.25) is 5.02 Å². The van der Waals surface area contributed by atoms with E-state index in [2.05, 4.69) is 15.4 Å². The van der Waals surface area contributed by atoms with Crippen LogP contribution >= 0.6 is 11.6 Å². The standard InChI is InChI=1S/C18H19ClN4O3/c1-11-15(16(21-26-11)12-4-2-3-5-13(12)19)18(25)23-9-8-22-7-6-20-17(24)14(22)10-23/h2-5,14H,6-10H2,1H3,(H,20,24)/t14-/m1/s1. The summed E-state index contributed by atoms with van der Waals surface area (Å²) in [4.78, 5) is 29.2. The highest BCUT2D eigenvalue weighted by Crippen LogP contribution is 2.32. The summed E-state index contributed by atoms with van der Waals surface area (Å²) in [5.74, 6) is 0.235. The van der Waals surface area contributed by atoms with Gasteiger partial charge in [0.25, 0.3) is 5.91 Å². The van der Waals surface area contributed by atoms with Crippen LogP contribution in [0.15, 0.2) is 28.8 Å². The lowest BCUT2D eigenvalue weighted by atomic mass is 10.0. The minimum Gasteiger partial charge on any atom is -0.360 e. The average Bonchev–Trinajstić information content (AvgIpc) is 3.03. The third-order valence-electron chi connectivity index (χ3n) is 4.98. The van der Waals surface area contributed by atoms with Gasteiger partial charge < -0.3 is 14.7 Å². The summed E-state index contributed by atoms with van der Waals surface area (Å²) in [6.07, 6.45) is 0. The lowest BCUT2D eigenvalue weighted by molar-refractivity contribution is -0.131. The van der Waals surface area contributed by atoms with Gasteiger partial charge in [-0.15, -0.1) is 0 Å². The van der Waals surface area contributed by atoms with Gasteiger partial charge in [-0.05, 0) is 13.0 Å². The van der Waals surface area contributed by atoms with Crippen LogP contribution in [0.25, 0.3) is 11.3 Å². The number of halogens is 1. The summed E-state index contributed by atoms with van der Waals surface area (Å²) in [5, 5.41) is 7.43. The number of amides is 2. The number of nitrogens with one attached hydrogen (secondary N) is 1. The maximum absolute atomic E-state index is 13.2. The quantitative estimate of drug-likeness (QED) is 0.863. The van der Waals surface area contributed by atoms with E-state index in [1.807, 2.05) is 18.2 Å². The minimum absolute atomic E-state index is 0.0258. The molecule has 0 spiro atoms. The van der Waals surface area contributed by atoms with Gasteiger partial charge >= 0.3 is 0 Å². The smallest absolute Gasteiger partial charge is 0.259 e. The molecule has 2 aromatic rings. The van der Waals surface area contributed by atoms with Crippen LogP contribution in [0.3, 0.4) is 0 Å². The van der Waals surface area contributed by atoms with Gasteiger partial charge in [0.1, 0.15) is 23.1 Å². The van der Waals surface area contributed by atoms with Crippen LogP contribution in [0.1, 0.15) is 16.1 Å². The Morgan fingerprint density at radius 2 is 2.12 bits per heavy atom. The number of benzene rings is 1. The Labute approximate surface area is 155 Å². The summed E-state index contributed by atoms with van der Waals surface area (Å²) in [6, 6.07) is 6.92. The molecule has 2 fully saturated rings. The van der Waals surface area contributed by atoms with Gasteiger partial charge in [0.05, 0.1) is 5.02 Å². The third kappa shape index (κ3) is 2.87. The van der Waals surface area contributed by atoms with Crippen molar-refractivity contribution in [1.29, 1.82) is 0 Å². The highest BCUT2D eigenvalue weighted by molar-refractivity contribution is 6.33. The molecule has 0 bridgehead atoms. The minimum atomic E-state index is -0.301. The molecule has 1 aromatic carbocycles. The van der Waals surface area contributed by atoms with Gasteiger partial charge in [-0.3, -0.25) is 14.5 Å². The molecule has 1 N–H and O–H groups in total. The summed E-state index contributed by atoms with van der Waals surface area (Å²) >= 11 is 6.27. The van der Waals surface area contributed by atoms with Crippen molar-refractivity contribution in [2.45, 2.75) is 13.0 Å². The first-order chi connectivity index (χ1) is 12.6. The van der Waals surface area contributed by atoms with Crippen molar-refractivity contribution in [1.82, 2.24) is 20.3 Å². The summed E-state index contributed by atoms with van der Waals surface area (Å²) in [5.41, 5.74) is 1.50. The van der Waals surface area contributed by atoms with Crippen LogP contribution in [0.5, 0.6) is 0 Å². The number of carbonyl (C=O) groups excluding carboxylic acids is 2. The van der Waals surface area contributed by atoms with E-state index in [9.17, 15) is 9.59 Å². The second-order valence-electron chi connectivity index (χ2n) is 6.54. The molecule has 1 atom stereocenters. The normalized spacial score (nSPS) is 20.6. The fourth-order valence-electron chi connectivity index (χ4n) is 3.58. The molecule has 4 rings (SSSR count). The molecule has 3 heterocycles. The van der Waals surface area contributed by atoms with Crippen molar-refractivity contribution < 1.29 is 14.1 Å². The molecule has 136 valence electrons. The molecule has 0 radical (unpaired) electrons. The molecule has 0 aliphatic carbocycles. The van der Waals surface area contributed by atoms with E-state index >= 15 is 0 Å². The number of nitrogens with zero attached hydrogens (tertiary/aromatic N) is 3. The van der Waals surface area contributed by atoms with Crippen molar-refractivity contribution in [3.05, 3.63) is 40.6 Å². The summed E-state index contributed by atoms with van der Waals surface area (Å²) in [6.45, 7) is 4.78. The van der Waals surface area contributed by atoms with Crippen molar-refractivity contribution in [2.75, 3.05) is 32.7 Å². The predicted octanol–water partition coefficient (Wildman–Crippen LogP) is 1.56. The van der Waals surface area contributed by atoms with Crippen molar-refractivity contribution in [3.63, 3.8) is 0 Å². The van der Waals surface area contributed by atoms with Crippen LogP contribution in [0, 0.1) is 6.92 Å². The number of aromatic nitrogens is 1. The maximum Gasteiger partial charge on any atom is 0.259 e. The first-order valence-electron chi connectivity index (χ1n) is 8.58. The summed E-state index contributed by atoms with van der Waals surface area (Å²) in [7, 11) is 0. The zero-order valence-electron chi connectivity index (χ0n) is 14.4. The van der Waals surface area contributed by atoms with Gasteiger partial charge in [0.2, 0.25) is 5.91 Å². The molecular formula is C18H19ClN4O3. The van der Waals surface area contributed by atoms with Crippen molar-refractivity contribution in [2.24, 2.45) is 0 Å². The van der Waals surface area contributed by atoms with Crippen LogP contribution in [0.4, 0.5) is 0 Å². The third-order valence-corrected chi connectivity index (χ3v) is 5.31. The van der Waals surface area contributed by atoms with E-state index in [1.165, 1.54) is 0 Å². The Bertz CT molecular complexity index is 866. The Kier molecular flexibility index (Phi) is 4.42. The van der Waals surface area contributed by atoms with Gasteiger partial charge in [-0.25, -0.2) is 0 Å². The Hall–Kier alpha value is -2.38. The maximum atomic E-state index is 13.2. The Morgan fingerprint density at radius 1 is 1.31 bits per heavy atom. The zero-order chi connectivity index (χ0) is 18.3. The number of rotatable bonds is 2. The van der Waals surface area contributed by atoms with E-state index in [0.29, 0.717) is 53.8 Å². The number of piperazine rings is 2. The Morgan fingerprint density at radius 3 is 2.92 bits per heavy atom. The van der Waals surface area contributed by atoms with E-state index in [0.717, 1.165) is 6.54 Å². The van der Waals surface area contributed by atoms with E-state index in [4.69, 9.17) is 16.1 Å². The molecule has 2 saturated heterocycles. The SMILES string of the molecule is Cc1onc(-c2ccccc2Cl)c1C(=O)N1CCN2CCNC(=O)[C@H]2C1. The van der Waals surface area contributed by atoms with E-state index in [1.54, 1.807) is 17.9 Å². The molecule has 8 heteroatoms. The highest BCUT2D eigenvalue weighted by atomic mass is 35.5. The van der Waals surface area contributed by atoms with Gasteiger partial charge in [0, 0.05) is 38.3 Å². The highest BCUT2D eigenvalue weighted by Gasteiger charge is 2.38. The fourth-order valence-corrected chi connectivity index (χ4v) is 3.81. The van der Waals surface area contributed by atoms with Crippen LogP contribution in [-0.4, -0.2) is 65.5 Å². The van der Waals surface area contributed by atoms with Gasteiger partial charge in [-0.2, -0.15) is 0 Å².